The van der Waals surface area contributed by atoms with Crippen molar-refractivity contribution >= 4 is 72.2 Å². The van der Waals surface area contributed by atoms with Crippen LogP contribution in [0.4, 0.5) is 21.5 Å². The van der Waals surface area contributed by atoms with Crippen LogP contribution in [0.1, 0.15) is 10.4 Å². The second kappa shape index (κ2) is 8.89. The molecule has 5 nitrogen and oxygen atoms in total. The van der Waals surface area contributed by atoms with Crippen molar-refractivity contribution in [3.05, 3.63) is 74.9 Å². The van der Waals surface area contributed by atoms with Gasteiger partial charge in [-0.3, -0.25) is 4.79 Å². The molecule has 0 heterocycles. The van der Waals surface area contributed by atoms with Crippen molar-refractivity contribution in [1.82, 2.24) is 0 Å². The number of carbonyl (C=O) groups excluding carboxylic acids is 1. The summed E-state index contributed by atoms with van der Waals surface area (Å²) in [7, 11) is 0. The Labute approximate surface area is 188 Å². The van der Waals surface area contributed by atoms with Crippen molar-refractivity contribution in [2.45, 2.75) is 0 Å². The highest BCUT2D eigenvalue weighted by Gasteiger charge is 2.13. The van der Waals surface area contributed by atoms with Gasteiger partial charge in [-0.1, -0.05) is 24.3 Å². The molecule has 3 aromatic rings. The minimum Gasteiger partial charge on any atom is -0.397 e. The van der Waals surface area contributed by atoms with E-state index in [1.165, 1.54) is 6.07 Å². The molecule has 3 rings (SSSR count). The summed E-state index contributed by atoms with van der Waals surface area (Å²) < 4.78 is 16.0. The van der Waals surface area contributed by atoms with Crippen LogP contribution in [0.25, 0.3) is 11.1 Å². The maximum absolute atomic E-state index is 14.5. The molecule has 9 heteroatoms. The number of hydrogen-bond donors (Lipinski definition) is 4. The van der Waals surface area contributed by atoms with Crippen molar-refractivity contribution in [2.24, 2.45) is 5.73 Å². The van der Waals surface area contributed by atoms with E-state index in [0.29, 0.717) is 27.6 Å². The summed E-state index contributed by atoms with van der Waals surface area (Å²) >= 11 is 12.1. The molecule has 0 bridgehead atoms. The van der Waals surface area contributed by atoms with Crippen LogP contribution in [0.5, 0.6) is 0 Å². The minimum atomic E-state index is -0.806. The molecule has 0 saturated carbocycles. The number of benzene rings is 3. The Balaban J connectivity index is 1.74. The Bertz CT molecular complexity index is 1080. The number of halogens is 3. The van der Waals surface area contributed by atoms with Crippen LogP contribution < -0.4 is 22.1 Å². The van der Waals surface area contributed by atoms with Gasteiger partial charge in [0, 0.05) is 25.9 Å². The Morgan fingerprint density at radius 3 is 2.14 bits per heavy atom. The predicted molar refractivity (Wildman–Crippen MR) is 126 cm³/mol. The first-order chi connectivity index (χ1) is 13.8. The van der Waals surface area contributed by atoms with E-state index < -0.39 is 11.7 Å². The highest BCUT2D eigenvalue weighted by Crippen LogP contribution is 2.32. The number of nitrogen functional groups attached to an aromatic ring is 1. The third-order valence-electron chi connectivity index (χ3n) is 4.05. The molecule has 0 atom stereocenters. The second-order valence-electron chi connectivity index (χ2n) is 6.04. The van der Waals surface area contributed by atoms with Crippen molar-refractivity contribution in [2.75, 3.05) is 16.4 Å². The van der Waals surface area contributed by atoms with Gasteiger partial charge in [0.1, 0.15) is 5.82 Å². The third kappa shape index (κ3) is 4.92. The average Bonchev–Trinajstić information content (AvgIpc) is 2.66. The van der Waals surface area contributed by atoms with Gasteiger partial charge in [-0.05, 0) is 80.0 Å². The standard InChI is InChI=1S/C20H15Br2FN4OS/c21-15-8-12(9-16(22)18(15)24)27-20(29)26-11-6-4-10(5-7-11)13-2-1-3-14(17(13)23)19(25)28/h1-9H,24H2,(H2,25,28)(H2,26,27,29). The van der Waals surface area contributed by atoms with Crippen LogP contribution in [0.2, 0.25) is 0 Å². The van der Waals surface area contributed by atoms with Crippen LogP contribution in [0.15, 0.2) is 63.5 Å². The lowest BCUT2D eigenvalue weighted by molar-refractivity contribution is 0.0996. The van der Waals surface area contributed by atoms with Gasteiger partial charge in [0.25, 0.3) is 5.91 Å². The van der Waals surface area contributed by atoms with Crippen molar-refractivity contribution < 1.29 is 9.18 Å². The average molecular weight is 538 g/mol. The number of rotatable bonds is 4. The van der Waals surface area contributed by atoms with Crippen molar-refractivity contribution in [3.8, 4) is 11.1 Å². The van der Waals surface area contributed by atoms with Crippen LogP contribution in [0, 0.1) is 5.82 Å². The molecule has 29 heavy (non-hydrogen) atoms. The van der Waals surface area contributed by atoms with E-state index in [-0.39, 0.29) is 5.56 Å². The molecule has 0 saturated heterocycles. The Morgan fingerprint density at radius 2 is 1.55 bits per heavy atom. The summed E-state index contributed by atoms with van der Waals surface area (Å²) in [6.45, 7) is 0. The molecule has 0 fully saturated rings. The van der Waals surface area contributed by atoms with Crippen LogP contribution in [-0.4, -0.2) is 11.0 Å². The van der Waals surface area contributed by atoms with Gasteiger partial charge in [-0.2, -0.15) is 0 Å². The summed E-state index contributed by atoms with van der Waals surface area (Å²) in [5, 5.41) is 6.50. The summed E-state index contributed by atoms with van der Waals surface area (Å²) in [6, 6.07) is 15.1. The highest BCUT2D eigenvalue weighted by molar-refractivity contribution is 9.11. The molecule has 148 valence electrons. The van der Waals surface area contributed by atoms with E-state index >= 15 is 0 Å². The first-order valence-corrected chi connectivity index (χ1v) is 10.3. The zero-order valence-electron chi connectivity index (χ0n) is 14.8. The number of nitrogens with two attached hydrogens (primary N) is 2. The molecule has 6 N–H and O–H groups in total. The predicted octanol–water partition coefficient (Wildman–Crippen LogP) is 5.51. The van der Waals surface area contributed by atoms with Crippen LogP contribution in [0.3, 0.4) is 0 Å². The van der Waals surface area contributed by atoms with E-state index in [1.807, 2.05) is 12.1 Å². The lowest BCUT2D eigenvalue weighted by Gasteiger charge is -2.13. The molecule has 0 spiro atoms. The summed E-state index contributed by atoms with van der Waals surface area (Å²) in [5.41, 5.74) is 13.9. The smallest absolute Gasteiger partial charge is 0.251 e. The summed E-state index contributed by atoms with van der Waals surface area (Å²) in [5.74, 6) is -1.45. The molecule has 0 aromatic heterocycles. The molecule has 0 aliphatic heterocycles. The lowest BCUT2D eigenvalue weighted by Crippen LogP contribution is -2.19. The number of hydrogen-bond acceptors (Lipinski definition) is 3. The summed E-state index contributed by atoms with van der Waals surface area (Å²) in [6.07, 6.45) is 0. The Hall–Kier alpha value is -2.49. The maximum Gasteiger partial charge on any atom is 0.251 e. The van der Waals surface area contributed by atoms with Gasteiger partial charge in [0.2, 0.25) is 0 Å². The van der Waals surface area contributed by atoms with Crippen molar-refractivity contribution in [3.63, 3.8) is 0 Å². The van der Waals surface area contributed by atoms with Crippen LogP contribution in [-0.2, 0) is 0 Å². The fraction of sp³-hybridized carbons (Fsp3) is 0. The number of carbonyl (C=O) groups is 1. The lowest BCUT2D eigenvalue weighted by atomic mass is 10.0. The second-order valence-corrected chi connectivity index (χ2v) is 8.16. The van der Waals surface area contributed by atoms with Gasteiger partial charge >= 0.3 is 0 Å². The SMILES string of the molecule is NC(=O)c1cccc(-c2ccc(NC(=S)Nc3cc(Br)c(N)c(Br)c3)cc2)c1F. The van der Waals surface area contributed by atoms with Gasteiger partial charge in [-0.15, -0.1) is 0 Å². The molecule has 0 aliphatic carbocycles. The molecular formula is C20H15Br2FN4OS. The molecule has 0 unspecified atom stereocenters. The van der Waals surface area contributed by atoms with E-state index in [0.717, 1.165) is 14.6 Å². The number of amides is 1. The maximum atomic E-state index is 14.5. The molecule has 3 aromatic carbocycles. The van der Waals surface area contributed by atoms with Gasteiger partial charge in [0.05, 0.1) is 11.3 Å². The Morgan fingerprint density at radius 1 is 0.966 bits per heavy atom. The number of primary amides is 1. The molecule has 1 amide bonds. The van der Waals surface area contributed by atoms with E-state index in [2.05, 4.69) is 42.5 Å². The van der Waals surface area contributed by atoms with Gasteiger partial charge in [0.15, 0.2) is 5.11 Å². The zero-order chi connectivity index (χ0) is 21.1. The quantitative estimate of drug-likeness (QED) is 0.260. The van der Waals surface area contributed by atoms with Gasteiger partial charge in [-0.25, -0.2) is 4.39 Å². The first-order valence-electron chi connectivity index (χ1n) is 8.27. The largest absolute Gasteiger partial charge is 0.397 e. The highest BCUT2D eigenvalue weighted by atomic mass is 79.9. The Kier molecular flexibility index (Phi) is 6.51. The summed E-state index contributed by atoms with van der Waals surface area (Å²) in [4.78, 5) is 11.3. The van der Waals surface area contributed by atoms with E-state index in [1.54, 1.807) is 36.4 Å². The normalized spacial score (nSPS) is 10.4. The van der Waals surface area contributed by atoms with Crippen molar-refractivity contribution in [1.29, 1.82) is 0 Å². The topological polar surface area (TPSA) is 93.2 Å². The van der Waals surface area contributed by atoms with E-state index in [9.17, 15) is 9.18 Å². The fourth-order valence-corrected chi connectivity index (χ4v) is 4.05. The molecule has 0 radical (unpaired) electrons. The molecule has 0 aliphatic rings. The number of nitrogens with one attached hydrogen (secondary N) is 2. The third-order valence-corrected chi connectivity index (χ3v) is 5.57. The van der Waals surface area contributed by atoms with E-state index in [4.69, 9.17) is 23.7 Å². The van der Waals surface area contributed by atoms with Crippen LogP contribution >= 0.6 is 44.1 Å². The van der Waals surface area contributed by atoms with Gasteiger partial charge < -0.3 is 22.1 Å². The first kappa shape index (κ1) is 21.2. The fourth-order valence-electron chi connectivity index (χ4n) is 2.63. The number of thiocarbonyl (C=S) groups is 1. The molecular weight excluding hydrogens is 523 g/mol. The zero-order valence-corrected chi connectivity index (χ0v) is 18.8. The monoisotopic (exact) mass is 536 g/mol. The number of anilines is 3. The minimum absolute atomic E-state index is 0.143.